The lowest BCUT2D eigenvalue weighted by molar-refractivity contribution is -0.114. The Kier molecular flexibility index (Phi) is 5.19. The van der Waals surface area contributed by atoms with Crippen molar-refractivity contribution < 1.29 is 14.3 Å². The van der Waals surface area contributed by atoms with Crippen LogP contribution in [0, 0.1) is 0 Å². The van der Waals surface area contributed by atoms with E-state index in [1.165, 1.54) is 6.92 Å². The van der Waals surface area contributed by atoms with Gasteiger partial charge in [0, 0.05) is 20.0 Å². The maximum atomic E-state index is 12.2. The third kappa shape index (κ3) is 4.61. The number of benzene rings is 1. The molecular formula is C17H23ClN2O3. The molecule has 0 aliphatic carbocycles. The van der Waals surface area contributed by atoms with Crippen LogP contribution in [-0.4, -0.2) is 35.6 Å². The predicted octanol–water partition coefficient (Wildman–Crippen LogP) is 3.63. The van der Waals surface area contributed by atoms with E-state index in [0.717, 1.165) is 11.1 Å². The molecule has 0 atom stereocenters. The number of amides is 2. The minimum absolute atomic E-state index is 0.157. The summed E-state index contributed by atoms with van der Waals surface area (Å²) in [7, 11) is 0. The Hall–Kier alpha value is -1.75. The summed E-state index contributed by atoms with van der Waals surface area (Å²) in [6.07, 6.45) is 1.05. The van der Waals surface area contributed by atoms with Gasteiger partial charge in [0.25, 0.3) is 0 Å². The van der Waals surface area contributed by atoms with Gasteiger partial charge in [-0.05, 0) is 50.8 Å². The van der Waals surface area contributed by atoms with Crippen molar-refractivity contribution in [3.8, 4) is 0 Å². The van der Waals surface area contributed by atoms with E-state index in [1.807, 2.05) is 32.9 Å². The van der Waals surface area contributed by atoms with Gasteiger partial charge < -0.3 is 15.0 Å². The Morgan fingerprint density at radius 3 is 2.48 bits per heavy atom. The molecule has 1 aliphatic rings. The molecule has 23 heavy (non-hydrogen) atoms. The second kappa shape index (κ2) is 6.79. The van der Waals surface area contributed by atoms with Gasteiger partial charge in [-0.2, -0.15) is 0 Å². The zero-order valence-electron chi connectivity index (χ0n) is 14.0. The molecule has 0 fully saturated rings. The highest BCUT2D eigenvalue weighted by Crippen LogP contribution is 2.31. The molecule has 6 heteroatoms. The molecule has 1 aromatic rings. The molecule has 126 valence electrons. The maximum absolute atomic E-state index is 12.2. The second-order valence-corrected chi connectivity index (χ2v) is 7.09. The van der Waals surface area contributed by atoms with Gasteiger partial charge in [0.2, 0.25) is 5.91 Å². The van der Waals surface area contributed by atoms with Crippen molar-refractivity contribution in [2.24, 2.45) is 0 Å². The van der Waals surface area contributed by atoms with Crippen LogP contribution in [0.5, 0.6) is 0 Å². The summed E-state index contributed by atoms with van der Waals surface area (Å²) in [6, 6.07) is 3.77. The molecule has 1 aliphatic heterocycles. The number of nitrogens with one attached hydrogen (secondary N) is 1. The summed E-state index contributed by atoms with van der Waals surface area (Å²) >= 11 is 6.43. The molecular weight excluding hydrogens is 316 g/mol. The predicted molar refractivity (Wildman–Crippen MR) is 91.0 cm³/mol. The van der Waals surface area contributed by atoms with E-state index in [1.54, 1.807) is 4.90 Å². The number of ether oxygens (including phenoxy) is 1. The first-order chi connectivity index (χ1) is 10.7. The number of fused-ring (bicyclic) bond motifs is 1. The van der Waals surface area contributed by atoms with Gasteiger partial charge in [0.15, 0.2) is 0 Å². The van der Waals surface area contributed by atoms with Crippen LogP contribution in [0.4, 0.5) is 10.5 Å². The molecule has 5 nitrogen and oxygen atoms in total. The molecule has 0 spiro atoms. The van der Waals surface area contributed by atoms with Gasteiger partial charge in [-0.3, -0.25) is 4.79 Å². The molecule has 0 radical (unpaired) electrons. The Balaban J connectivity index is 2.15. The molecule has 1 aromatic carbocycles. The van der Waals surface area contributed by atoms with Gasteiger partial charge in [-0.25, -0.2) is 4.79 Å². The Bertz CT molecular complexity index is 623. The van der Waals surface area contributed by atoms with Crippen LogP contribution in [0.3, 0.4) is 0 Å². The van der Waals surface area contributed by atoms with Crippen molar-refractivity contribution in [2.75, 3.05) is 18.4 Å². The van der Waals surface area contributed by atoms with Crippen molar-refractivity contribution in [2.45, 2.75) is 46.1 Å². The first-order valence-electron chi connectivity index (χ1n) is 7.73. The fourth-order valence-electron chi connectivity index (χ4n) is 2.57. The second-order valence-electron chi connectivity index (χ2n) is 6.71. The van der Waals surface area contributed by atoms with E-state index >= 15 is 0 Å². The van der Waals surface area contributed by atoms with Crippen LogP contribution in [0.25, 0.3) is 0 Å². The first-order valence-corrected chi connectivity index (χ1v) is 8.11. The number of hydrogen-bond donors (Lipinski definition) is 1. The summed E-state index contributed by atoms with van der Waals surface area (Å²) in [4.78, 5) is 25.2. The summed E-state index contributed by atoms with van der Waals surface area (Å²) in [5, 5.41) is 3.29. The summed E-state index contributed by atoms with van der Waals surface area (Å²) < 4.78 is 5.44. The molecule has 0 aromatic heterocycles. The molecule has 2 rings (SSSR count). The zero-order valence-corrected chi connectivity index (χ0v) is 14.8. The number of halogens is 1. The van der Waals surface area contributed by atoms with Crippen LogP contribution in [0.2, 0.25) is 5.02 Å². The van der Waals surface area contributed by atoms with Crippen LogP contribution in [0.15, 0.2) is 12.1 Å². The van der Waals surface area contributed by atoms with E-state index in [-0.39, 0.29) is 12.0 Å². The van der Waals surface area contributed by atoms with Crippen LogP contribution < -0.4 is 5.32 Å². The Morgan fingerprint density at radius 2 is 1.87 bits per heavy atom. The van der Waals surface area contributed by atoms with Crippen molar-refractivity contribution in [1.29, 1.82) is 0 Å². The Labute approximate surface area is 141 Å². The van der Waals surface area contributed by atoms with Gasteiger partial charge in [-0.15, -0.1) is 0 Å². The summed E-state index contributed by atoms with van der Waals surface area (Å²) in [6.45, 7) is 8.16. The van der Waals surface area contributed by atoms with Crippen LogP contribution in [-0.2, 0) is 22.4 Å². The molecule has 1 heterocycles. The third-order valence-corrected chi connectivity index (χ3v) is 4.02. The molecule has 1 N–H and O–H groups in total. The van der Waals surface area contributed by atoms with E-state index in [2.05, 4.69) is 5.32 Å². The number of anilines is 1. The lowest BCUT2D eigenvalue weighted by Crippen LogP contribution is -2.38. The standard InChI is InChI=1S/C17H23ClN2O3/c1-11(21)19-14-6-5-12-7-9-20(10-8-13(12)15(14)18)16(22)23-17(2,3)4/h5-6H,7-10H2,1-4H3,(H,19,21). The summed E-state index contributed by atoms with van der Waals surface area (Å²) in [5.41, 5.74) is 2.20. The SMILES string of the molecule is CC(=O)Nc1ccc2c(c1Cl)CCN(C(=O)OC(C)(C)C)CC2. The molecule has 2 amide bonds. The van der Waals surface area contributed by atoms with Crippen molar-refractivity contribution in [3.63, 3.8) is 0 Å². The van der Waals surface area contributed by atoms with Crippen LogP contribution >= 0.6 is 11.6 Å². The lowest BCUT2D eigenvalue weighted by Gasteiger charge is -2.26. The normalized spacial score (nSPS) is 14.7. The fraction of sp³-hybridized carbons (Fsp3) is 0.529. The molecule has 0 saturated heterocycles. The maximum Gasteiger partial charge on any atom is 0.410 e. The minimum Gasteiger partial charge on any atom is -0.444 e. The smallest absolute Gasteiger partial charge is 0.410 e. The quantitative estimate of drug-likeness (QED) is 0.850. The number of carbonyl (C=O) groups excluding carboxylic acids is 2. The fourth-order valence-corrected chi connectivity index (χ4v) is 2.90. The molecule has 0 bridgehead atoms. The highest BCUT2D eigenvalue weighted by atomic mass is 35.5. The molecule has 0 unspecified atom stereocenters. The van der Waals surface area contributed by atoms with E-state index in [0.29, 0.717) is 36.6 Å². The number of rotatable bonds is 1. The summed E-state index contributed by atoms with van der Waals surface area (Å²) in [5.74, 6) is -0.157. The third-order valence-electron chi connectivity index (χ3n) is 3.59. The van der Waals surface area contributed by atoms with Crippen molar-refractivity contribution >= 4 is 29.3 Å². The van der Waals surface area contributed by atoms with Gasteiger partial charge in [0.1, 0.15) is 5.60 Å². The zero-order chi connectivity index (χ0) is 17.2. The average molecular weight is 339 g/mol. The van der Waals surface area contributed by atoms with Gasteiger partial charge >= 0.3 is 6.09 Å². The van der Waals surface area contributed by atoms with E-state index in [9.17, 15) is 9.59 Å². The number of nitrogens with zero attached hydrogens (tertiary/aromatic N) is 1. The highest BCUT2D eigenvalue weighted by molar-refractivity contribution is 6.34. The van der Waals surface area contributed by atoms with Gasteiger partial charge in [0.05, 0.1) is 10.7 Å². The van der Waals surface area contributed by atoms with Gasteiger partial charge in [-0.1, -0.05) is 17.7 Å². The highest BCUT2D eigenvalue weighted by Gasteiger charge is 2.25. The molecule has 0 saturated carbocycles. The van der Waals surface area contributed by atoms with Crippen molar-refractivity contribution in [1.82, 2.24) is 4.90 Å². The Morgan fingerprint density at radius 1 is 1.22 bits per heavy atom. The average Bonchev–Trinajstić information content (AvgIpc) is 2.62. The topological polar surface area (TPSA) is 58.6 Å². The van der Waals surface area contributed by atoms with E-state index < -0.39 is 5.60 Å². The number of carbonyl (C=O) groups is 2. The number of hydrogen-bond acceptors (Lipinski definition) is 3. The largest absolute Gasteiger partial charge is 0.444 e. The van der Waals surface area contributed by atoms with Crippen LogP contribution in [0.1, 0.15) is 38.8 Å². The monoisotopic (exact) mass is 338 g/mol. The lowest BCUT2D eigenvalue weighted by atomic mass is 10.0. The first kappa shape index (κ1) is 17.6. The minimum atomic E-state index is -0.507. The van der Waals surface area contributed by atoms with E-state index in [4.69, 9.17) is 16.3 Å². The van der Waals surface area contributed by atoms with Crippen molar-refractivity contribution in [3.05, 3.63) is 28.3 Å².